The number of nitriles is 1. The van der Waals surface area contributed by atoms with E-state index in [0.717, 1.165) is 0 Å². The van der Waals surface area contributed by atoms with Gasteiger partial charge in [0.2, 0.25) is 0 Å². The Hall–Kier alpha value is -1.41. The molecular formula is C10H10BrNO3. The van der Waals surface area contributed by atoms with E-state index in [4.69, 9.17) is 19.5 Å². The Morgan fingerprint density at radius 1 is 1.13 bits per heavy atom. The van der Waals surface area contributed by atoms with E-state index in [2.05, 4.69) is 15.9 Å². The summed E-state index contributed by atoms with van der Waals surface area (Å²) in [5, 5.41) is 9.02. The van der Waals surface area contributed by atoms with E-state index in [1.165, 1.54) is 21.3 Å². The fourth-order valence-electron chi connectivity index (χ4n) is 1.25. The zero-order chi connectivity index (χ0) is 11.4. The van der Waals surface area contributed by atoms with E-state index in [1.807, 2.05) is 6.07 Å². The highest BCUT2D eigenvalue weighted by atomic mass is 79.9. The largest absolute Gasteiger partial charge is 0.494 e. The maximum absolute atomic E-state index is 9.02. The molecule has 0 N–H and O–H groups in total. The molecule has 80 valence electrons. The van der Waals surface area contributed by atoms with Crippen LogP contribution in [-0.2, 0) is 0 Å². The molecule has 0 saturated carbocycles. The number of ether oxygens (including phenoxy) is 3. The van der Waals surface area contributed by atoms with E-state index in [9.17, 15) is 0 Å². The van der Waals surface area contributed by atoms with Crippen LogP contribution in [0.25, 0.3) is 0 Å². The molecule has 0 spiro atoms. The van der Waals surface area contributed by atoms with Crippen LogP contribution in [0, 0.1) is 11.3 Å². The summed E-state index contributed by atoms with van der Waals surface area (Å²) in [6.07, 6.45) is 0. The smallest absolute Gasteiger partial charge is 0.182 e. The van der Waals surface area contributed by atoms with Crippen LogP contribution in [-0.4, -0.2) is 21.3 Å². The van der Waals surface area contributed by atoms with E-state index in [-0.39, 0.29) is 0 Å². The van der Waals surface area contributed by atoms with Gasteiger partial charge in [-0.2, -0.15) is 5.26 Å². The maximum atomic E-state index is 9.02. The topological polar surface area (TPSA) is 51.5 Å². The van der Waals surface area contributed by atoms with E-state index < -0.39 is 0 Å². The van der Waals surface area contributed by atoms with Crippen LogP contribution >= 0.6 is 15.9 Å². The quantitative estimate of drug-likeness (QED) is 0.847. The molecular weight excluding hydrogens is 262 g/mol. The Labute approximate surface area is 96.5 Å². The average Bonchev–Trinajstić information content (AvgIpc) is 2.27. The van der Waals surface area contributed by atoms with E-state index >= 15 is 0 Å². The first kappa shape index (κ1) is 11.7. The fourth-order valence-corrected chi connectivity index (χ4v) is 1.82. The Bertz CT molecular complexity index is 412. The second-order valence-electron chi connectivity index (χ2n) is 2.61. The van der Waals surface area contributed by atoms with Gasteiger partial charge in [-0.1, -0.05) is 0 Å². The van der Waals surface area contributed by atoms with Gasteiger partial charge in [0.1, 0.15) is 11.6 Å². The second-order valence-corrected chi connectivity index (χ2v) is 3.47. The first-order valence-electron chi connectivity index (χ1n) is 4.08. The van der Waals surface area contributed by atoms with Crippen LogP contribution in [0.3, 0.4) is 0 Å². The van der Waals surface area contributed by atoms with Gasteiger partial charge >= 0.3 is 0 Å². The van der Waals surface area contributed by atoms with Crippen molar-refractivity contribution < 1.29 is 14.2 Å². The van der Waals surface area contributed by atoms with Crippen molar-refractivity contribution in [2.24, 2.45) is 0 Å². The molecule has 0 aliphatic rings. The van der Waals surface area contributed by atoms with E-state index in [0.29, 0.717) is 27.3 Å². The molecule has 0 aliphatic carbocycles. The molecule has 1 aromatic carbocycles. The molecule has 0 saturated heterocycles. The molecule has 0 radical (unpaired) electrons. The molecule has 0 bridgehead atoms. The highest BCUT2D eigenvalue weighted by molar-refractivity contribution is 9.10. The minimum atomic E-state index is 0.311. The van der Waals surface area contributed by atoms with Gasteiger partial charge in [0, 0.05) is 6.07 Å². The molecule has 0 aliphatic heterocycles. The lowest BCUT2D eigenvalue weighted by Gasteiger charge is -2.13. The lowest BCUT2D eigenvalue weighted by atomic mass is 10.2. The summed E-state index contributed by atoms with van der Waals surface area (Å²) < 4.78 is 16.0. The summed E-state index contributed by atoms with van der Waals surface area (Å²) >= 11 is 3.29. The minimum Gasteiger partial charge on any atom is -0.494 e. The summed E-state index contributed by atoms with van der Waals surface area (Å²) in [6, 6.07) is 3.71. The third-order valence-electron chi connectivity index (χ3n) is 1.89. The molecule has 0 amide bonds. The van der Waals surface area contributed by atoms with Crippen LogP contribution in [0.2, 0.25) is 0 Å². The molecule has 4 nitrogen and oxygen atoms in total. The number of benzene rings is 1. The number of nitrogens with zero attached hydrogens (tertiary/aromatic N) is 1. The molecule has 15 heavy (non-hydrogen) atoms. The second kappa shape index (κ2) is 4.89. The maximum Gasteiger partial charge on any atom is 0.182 e. The van der Waals surface area contributed by atoms with Crippen LogP contribution in [0.5, 0.6) is 17.2 Å². The van der Waals surface area contributed by atoms with Crippen LogP contribution in [0.4, 0.5) is 0 Å². The number of halogens is 1. The van der Waals surface area contributed by atoms with E-state index in [1.54, 1.807) is 6.07 Å². The molecule has 0 fully saturated rings. The molecule has 0 unspecified atom stereocenters. The lowest BCUT2D eigenvalue weighted by Crippen LogP contribution is -1.97. The lowest BCUT2D eigenvalue weighted by molar-refractivity contribution is 0.347. The van der Waals surface area contributed by atoms with Crippen molar-refractivity contribution in [1.29, 1.82) is 5.26 Å². The summed E-state index contributed by atoms with van der Waals surface area (Å²) in [7, 11) is 4.48. The predicted molar refractivity (Wildman–Crippen MR) is 58.5 cm³/mol. The van der Waals surface area contributed by atoms with Gasteiger partial charge < -0.3 is 14.2 Å². The van der Waals surface area contributed by atoms with Gasteiger partial charge in [-0.15, -0.1) is 0 Å². The Morgan fingerprint density at radius 2 is 1.73 bits per heavy atom. The zero-order valence-corrected chi connectivity index (χ0v) is 10.2. The van der Waals surface area contributed by atoms with Gasteiger partial charge in [-0.3, -0.25) is 0 Å². The fraction of sp³-hybridized carbons (Fsp3) is 0.300. The average molecular weight is 272 g/mol. The van der Waals surface area contributed by atoms with Crippen LogP contribution in [0.15, 0.2) is 10.5 Å². The van der Waals surface area contributed by atoms with Crippen molar-refractivity contribution in [1.82, 2.24) is 0 Å². The molecule has 0 heterocycles. The number of hydrogen-bond acceptors (Lipinski definition) is 4. The van der Waals surface area contributed by atoms with Crippen molar-refractivity contribution in [2.45, 2.75) is 0 Å². The van der Waals surface area contributed by atoms with Gasteiger partial charge in [0.05, 0.1) is 25.8 Å². The zero-order valence-electron chi connectivity index (χ0n) is 8.63. The monoisotopic (exact) mass is 271 g/mol. The molecule has 0 aromatic heterocycles. The normalized spacial score (nSPS) is 9.27. The first-order chi connectivity index (χ1) is 7.19. The summed E-state index contributed by atoms with van der Waals surface area (Å²) in [5.41, 5.74) is 0.311. The summed E-state index contributed by atoms with van der Waals surface area (Å²) in [4.78, 5) is 0. The van der Waals surface area contributed by atoms with Crippen molar-refractivity contribution in [3.63, 3.8) is 0 Å². The first-order valence-corrected chi connectivity index (χ1v) is 4.87. The summed E-state index contributed by atoms with van der Waals surface area (Å²) in [6.45, 7) is 0. The van der Waals surface area contributed by atoms with Crippen LogP contribution in [0.1, 0.15) is 5.56 Å². The van der Waals surface area contributed by atoms with Crippen molar-refractivity contribution in [3.05, 3.63) is 16.1 Å². The predicted octanol–water partition coefficient (Wildman–Crippen LogP) is 2.35. The molecule has 5 heteroatoms. The standard InChI is InChI=1S/C10H10BrNO3/c1-13-8-4-7(11)9(14-2)6(5-12)10(8)15-3/h4H,1-3H3. The summed E-state index contributed by atoms with van der Waals surface area (Å²) in [5.74, 6) is 1.30. The molecule has 1 aromatic rings. The number of rotatable bonds is 3. The third kappa shape index (κ3) is 2.00. The number of methoxy groups -OCH3 is 3. The third-order valence-corrected chi connectivity index (χ3v) is 2.48. The Balaban J connectivity index is 3.54. The van der Waals surface area contributed by atoms with Gasteiger partial charge in [-0.05, 0) is 15.9 Å². The van der Waals surface area contributed by atoms with Gasteiger partial charge in [-0.25, -0.2) is 0 Å². The number of hydrogen-bond donors (Lipinski definition) is 0. The SMILES string of the molecule is COc1cc(Br)c(OC)c(C#N)c1OC. The molecule has 1 rings (SSSR count). The van der Waals surface area contributed by atoms with Gasteiger partial charge in [0.15, 0.2) is 17.2 Å². The molecule has 0 atom stereocenters. The highest BCUT2D eigenvalue weighted by Crippen LogP contribution is 2.42. The van der Waals surface area contributed by atoms with Crippen LogP contribution < -0.4 is 14.2 Å². The highest BCUT2D eigenvalue weighted by Gasteiger charge is 2.18. The van der Waals surface area contributed by atoms with Crippen molar-refractivity contribution in [2.75, 3.05) is 21.3 Å². The minimum absolute atomic E-state index is 0.311. The Morgan fingerprint density at radius 3 is 2.13 bits per heavy atom. The van der Waals surface area contributed by atoms with Gasteiger partial charge in [0.25, 0.3) is 0 Å². The van der Waals surface area contributed by atoms with Crippen molar-refractivity contribution in [3.8, 4) is 23.3 Å². The van der Waals surface area contributed by atoms with Crippen molar-refractivity contribution >= 4 is 15.9 Å². The Kier molecular flexibility index (Phi) is 3.81.